The van der Waals surface area contributed by atoms with E-state index in [-0.39, 0.29) is 25.7 Å². The maximum Gasteiger partial charge on any atom is 0.472 e. The summed E-state index contributed by atoms with van der Waals surface area (Å²) in [5, 5.41) is 10.6. The second-order valence-electron chi connectivity index (χ2n) is 26.4. The Morgan fingerprint density at radius 3 is 0.807 bits per heavy atom. The van der Waals surface area contributed by atoms with Crippen LogP contribution in [0.1, 0.15) is 338 Å². The predicted molar refractivity (Wildman–Crippen MR) is 354 cm³/mol. The third kappa shape index (κ3) is 60.3. The van der Waals surface area contributed by atoms with Crippen LogP contribution in [0.15, 0.2) is 0 Å². The third-order valence-electron chi connectivity index (χ3n) is 16.5. The zero-order chi connectivity index (χ0) is 65.4. The summed E-state index contributed by atoms with van der Waals surface area (Å²) in [4.78, 5) is 72.4. The van der Waals surface area contributed by atoms with Crippen molar-refractivity contribution in [1.82, 2.24) is 0 Å². The largest absolute Gasteiger partial charge is 0.472 e. The zero-order valence-corrected chi connectivity index (χ0v) is 59.1. The molecule has 5 unspecified atom stereocenters. The maximum absolute atomic E-state index is 13.0. The van der Waals surface area contributed by atoms with Crippen molar-refractivity contribution in [3.05, 3.63) is 0 Å². The normalized spacial score (nSPS) is 14.9. The van der Waals surface area contributed by atoms with E-state index < -0.39 is 97.5 Å². The van der Waals surface area contributed by atoms with E-state index in [1.807, 2.05) is 0 Å². The van der Waals surface area contributed by atoms with Gasteiger partial charge < -0.3 is 33.8 Å². The Morgan fingerprint density at radius 1 is 0.318 bits per heavy atom. The molecule has 0 aromatic heterocycles. The van der Waals surface area contributed by atoms with Gasteiger partial charge in [0.1, 0.15) is 19.3 Å². The number of phosphoric ester groups is 2. The fraction of sp³-hybridized carbons (Fsp3) is 0.942. The number of carbonyl (C=O) groups excluding carboxylic acids is 4. The van der Waals surface area contributed by atoms with Crippen LogP contribution in [-0.4, -0.2) is 96.7 Å². The molecule has 522 valence electrons. The highest BCUT2D eigenvalue weighted by atomic mass is 31.2. The van der Waals surface area contributed by atoms with Gasteiger partial charge in [0.05, 0.1) is 26.4 Å². The fourth-order valence-corrected chi connectivity index (χ4v) is 11.8. The van der Waals surface area contributed by atoms with Gasteiger partial charge >= 0.3 is 39.5 Å². The summed E-state index contributed by atoms with van der Waals surface area (Å²) in [6.45, 7) is 14.0. The number of carbonyl (C=O) groups is 4. The van der Waals surface area contributed by atoms with Crippen molar-refractivity contribution in [3.8, 4) is 0 Å². The molecule has 0 aromatic rings. The summed E-state index contributed by atoms with van der Waals surface area (Å²) in [6, 6.07) is 0. The van der Waals surface area contributed by atoms with Crippen LogP contribution in [0.2, 0.25) is 0 Å². The topological polar surface area (TPSA) is 237 Å². The average molecular weight is 1300 g/mol. The summed E-state index contributed by atoms with van der Waals surface area (Å²) >= 11 is 0. The van der Waals surface area contributed by atoms with E-state index in [9.17, 15) is 43.2 Å². The molecular weight excluding hydrogens is 1160 g/mol. The molecule has 0 heterocycles. The fourth-order valence-electron chi connectivity index (χ4n) is 10.2. The Bertz CT molecular complexity index is 1750. The highest BCUT2D eigenvalue weighted by molar-refractivity contribution is 7.47. The molecule has 0 saturated heterocycles. The van der Waals surface area contributed by atoms with Crippen molar-refractivity contribution in [2.75, 3.05) is 39.6 Å². The molecule has 0 fully saturated rings. The molecule has 0 rings (SSSR count). The van der Waals surface area contributed by atoms with Gasteiger partial charge in [0.2, 0.25) is 0 Å². The number of phosphoric acid groups is 2. The third-order valence-corrected chi connectivity index (χ3v) is 18.4. The lowest BCUT2D eigenvalue weighted by Gasteiger charge is -2.21. The maximum atomic E-state index is 13.0. The summed E-state index contributed by atoms with van der Waals surface area (Å²) < 4.78 is 68.2. The number of esters is 4. The Labute approximate surface area is 537 Å². The van der Waals surface area contributed by atoms with Crippen LogP contribution in [0.5, 0.6) is 0 Å². The molecule has 0 saturated carbocycles. The van der Waals surface area contributed by atoms with Crippen LogP contribution in [0, 0.1) is 23.7 Å². The van der Waals surface area contributed by atoms with Gasteiger partial charge in [-0.15, -0.1) is 0 Å². The second-order valence-corrected chi connectivity index (χ2v) is 29.3. The van der Waals surface area contributed by atoms with Crippen molar-refractivity contribution in [2.24, 2.45) is 23.7 Å². The second kappa shape index (κ2) is 58.8. The van der Waals surface area contributed by atoms with Gasteiger partial charge in [-0.2, -0.15) is 0 Å². The molecule has 7 atom stereocenters. The summed E-state index contributed by atoms with van der Waals surface area (Å²) in [5.74, 6) is 0.841. The van der Waals surface area contributed by atoms with Gasteiger partial charge in [-0.3, -0.25) is 37.3 Å². The van der Waals surface area contributed by atoms with E-state index in [4.69, 9.17) is 37.0 Å². The molecule has 0 aliphatic heterocycles. The zero-order valence-electron chi connectivity index (χ0n) is 57.3. The van der Waals surface area contributed by atoms with Gasteiger partial charge in [0, 0.05) is 25.7 Å². The van der Waals surface area contributed by atoms with E-state index in [0.29, 0.717) is 37.5 Å². The number of aliphatic hydroxyl groups is 1. The predicted octanol–water partition coefficient (Wildman–Crippen LogP) is 19.3. The molecule has 0 aromatic carbocycles. The molecular formula is C69H134O17P2. The molecule has 17 nitrogen and oxygen atoms in total. The van der Waals surface area contributed by atoms with Crippen LogP contribution < -0.4 is 0 Å². The summed E-state index contributed by atoms with van der Waals surface area (Å²) in [7, 11) is -9.90. The lowest BCUT2D eigenvalue weighted by atomic mass is 9.99. The molecule has 0 bridgehead atoms. The Morgan fingerprint density at radius 2 is 0.545 bits per heavy atom. The summed E-state index contributed by atoms with van der Waals surface area (Å²) in [6.07, 6.45) is 40.5. The Kier molecular flexibility index (Phi) is 57.6. The van der Waals surface area contributed by atoms with Gasteiger partial charge in [-0.05, 0) is 49.4 Å². The van der Waals surface area contributed by atoms with E-state index in [1.165, 1.54) is 128 Å². The SMILES string of the molecule is CCC(C)CCCCCCCCCCCCCCCCC(=O)O[C@H](COC(=O)CCCCCCCCCC(C)C)COP(=O)(O)OCC(O)COP(=O)(O)OC[C@@H](COC(=O)CCCCCCCCCC(C)C)OC(=O)CCCCCCCCC(C)CC. The first-order valence-electron chi connectivity index (χ1n) is 35.8. The minimum absolute atomic E-state index is 0.102. The lowest BCUT2D eigenvalue weighted by Crippen LogP contribution is -2.30. The highest BCUT2D eigenvalue weighted by Crippen LogP contribution is 2.45. The first kappa shape index (κ1) is 86.1. The number of hydrogen-bond donors (Lipinski definition) is 3. The van der Waals surface area contributed by atoms with Gasteiger partial charge in [-0.1, -0.05) is 287 Å². The van der Waals surface area contributed by atoms with Crippen molar-refractivity contribution < 1.29 is 80.2 Å². The van der Waals surface area contributed by atoms with Crippen molar-refractivity contribution in [2.45, 2.75) is 356 Å². The van der Waals surface area contributed by atoms with Crippen molar-refractivity contribution in [1.29, 1.82) is 0 Å². The molecule has 19 heteroatoms. The minimum atomic E-state index is -4.95. The van der Waals surface area contributed by atoms with Gasteiger partial charge in [-0.25, -0.2) is 9.13 Å². The first-order valence-corrected chi connectivity index (χ1v) is 38.8. The molecule has 0 radical (unpaired) electrons. The van der Waals surface area contributed by atoms with Crippen molar-refractivity contribution >= 4 is 39.5 Å². The minimum Gasteiger partial charge on any atom is -0.462 e. The van der Waals surface area contributed by atoms with E-state index in [1.54, 1.807) is 0 Å². The standard InChI is InChI=1S/C69H134O17P2/c1-9-61(7)47-39-31-23-17-15-13-11-12-14-16-18-24-35-43-51-68(73)85-64(55-79-66(71)49-41-33-25-19-21-29-37-45-59(3)4)57-83-87(75,76)81-53-63(70)54-82-88(77,78)84-58-65(86-69(74)52-44-36-28-27-32-40-48-62(8)10-2)56-80-67(72)50-42-34-26-20-22-30-38-46-60(5)6/h59-65,70H,9-58H2,1-8H3,(H,75,76)(H,77,78)/t61?,62?,63?,64-,65-/m1/s1. The van der Waals surface area contributed by atoms with Gasteiger partial charge in [0.15, 0.2) is 12.2 Å². The van der Waals surface area contributed by atoms with Crippen LogP contribution in [0.3, 0.4) is 0 Å². The van der Waals surface area contributed by atoms with Crippen LogP contribution in [0.25, 0.3) is 0 Å². The average Bonchev–Trinajstić information content (AvgIpc) is 3.36. The van der Waals surface area contributed by atoms with E-state index >= 15 is 0 Å². The van der Waals surface area contributed by atoms with Crippen LogP contribution in [0.4, 0.5) is 0 Å². The van der Waals surface area contributed by atoms with Crippen LogP contribution >= 0.6 is 15.6 Å². The molecule has 88 heavy (non-hydrogen) atoms. The Balaban J connectivity index is 5.21. The summed E-state index contributed by atoms with van der Waals surface area (Å²) in [5.41, 5.74) is 0. The highest BCUT2D eigenvalue weighted by Gasteiger charge is 2.30. The molecule has 0 aliphatic rings. The molecule has 0 spiro atoms. The van der Waals surface area contributed by atoms with E-state index in [0.717, 1.165) is 115 Å². The number of rotatable bonds is 66. The quantitative estimate of drug-likeness (QED) is 0.0222. The molecule has 3 N–H and O–H groups in total. The Hall–Kier alpha value is -1.94. The number of hydrogen-bond acceptors (Lipinski definition) is 15. The first-order chi connectivity index (χ1) is 42.2. The van der Waals surface area contributed by atoms with Gasteiger partial charge in [0.25, 0.3) is 0 Å². The molecule has 0 amide bonds. The van der Waals surface area contributed by atoms with Crippen LogP contribution in [-0.2, 0) is 65.4 Å². The number of aliphatic hydroxyl groups excluding tert-OH is 1. The lowest BCUT2D eigenvalue weighted by molar-refractivity contribution is -0.161. The smallest absolute Gasteiger partial charge is 0.462 e. The van der Waals surface area contributed by atoms with E-state index in [2.05, 4.69) is 55.4 Å². The number of ether oxygens (including phenoxy) is 4. The number of unbranched alkanes of at least 4 members (excludes halogenated alkanes) is 30. The monoisotopic (exact) mass is 1300 g/mol. The van der Waals surface area contributed by atoms with Crippen molar-refractivity contribution in [3.63, 3.8) is 0 Å². The molecule has 0 aliphatic carbocycles.